The van der Waals surface area contributed by atoms with E-state index >= 15 is 0 Å². The van der Waals surface area contributed by atoms with E-state index in [1.165, 1.54) is 0 Å². The second-order valence-electron chi connectivity index (χ2n) is 4.60. The Morgan fingerprint density at radius 2 is 2.24 bits per heavy atom. The molecule has 0 aliphatic carbocycles. The second kappa shape index (κ2) is 4.96. The Hall–Kier alpha value is -0.580. The third-order valence-electron chi connectivity index (χ3n) is 3.15. The first-order valence-electron chi connectivity index (χ1n) is 5.61. The fourth-order valence-corrected chi connectivity index (χ4v) is 4.19. The molecule has 1 saturated heterocycles. The molecule has 0 spiro atoms. The highest BCUT2D eigenvalue weighted by molar-refractivity contribution is 7.91. The molecule has 0 aromatic heterocycles. The van der Waals surface area contributed by atoms with E-state index in [0.717, 1.165) is 23.6 Å². The van der Waals surface area contributed by atoms with Crippen molar-refractivity contribution in [1.29, 1.82) is 0 Å². The van der Waals surface area contributed by atoms with Crippen LogP contribution in [0.4, 0.5) is 0 Å². The highest BCUT2D eigenvalue weighted by Crippen LogP contribution is 2.19. The number of halogens is 1. The largest absolute Gasteiger partial charge is 0.298 e. The Bertz CT molecular complexity index is 501. The molecule has 0 saturated carbocycles. The van der Waals surface area contributed by atoms with E-state index < -0.39 is 9.84 Å². The van der Waals surface area contributed by atoms with Crippen molar-refractivity contribution in [2.75, 3.05) is 18.6 Å². The van der Waals surface area contributed by atoms with Gasteiger partial charge in [0.25, 0.3) is 0 Å². The Kier molecular flexibility index (Phi) is 3.76. The summed E-state index contributed by atoms with van der Waals surface area (Å²) in [5.41, 5.74) is 1.12. The van der Waals surface area contributed by atoms with Gasteiger partial charge in [0.2, 0.25) is 0 Å². The summed E-state index contributed by atoms with van der Waals surface area (Å²) in [7, 11) is -0.844. The summed E-state index contributed by atoms with van der Waals surface area (Å²) in [5, 5.41) is 0.718. The predicted molar refractivity (Wildman–Crippen MR) is 70.0 cm³/mol. The summed E-state index contributed by atoms with van der Waals surface area (Å²) in [6.07, 6.45) is 0.736. The van der Waals surface area contributed by atoms with Gasteiger partial charge in [-0.05, 0) is 31.2 Å². The maximum atomic E-state index is 11.4. The predicted octanol–water partition coefficient (Wildman–Crippen LogP) is 1.96. The molecule has 94 valence electrons. The first-order chi connectivity index (χ1) is 7.96. The van der Waals surface area contributed by atoms with E-state index in [4.69, 9.17) is 11.6 Å². The molecule has 0 radical (unpaired) electrons. The van der Waals surface area contributed by atoms with Crippen LogP contribution in [0.15, 0.2) is 24.3 Å². The van der Waals surface area contributed by atoms with Crippen LogP contribution < -0.4 is 0 Å². The van der Waals surface area contributed by atoms with Crippen molar-refractivity contribution in [3.8, 4) is 0 Å². The van der Waals surface area contributed by atoms with E-state index in [9.17, 15) is 8.42 Å². The van der Waals surface area contributed by atoms with Gasteiger partial charge < -0.3 is 0 Å². The molecule has 1 aliphatic heterocycles. The SMILES string of the molecule is CN(Cc1cccc(Cl)c1)[C@H]1CCS(=O)(=O)C1. The van der Waals surface area contributed by atoms with Gasteiger partial charge in [0.15, 0.2) is 9.84 Å². The fourth-order valence-electron chi connectivity index (χ4n) is 2.18. The van der Waals surface area contributed by atoms with Crippen LogP contribution in [0.3, 0.4) is 0 Å². The molecule has 1 fully saturated rings. The molecule has 1 aromatic rings. The Labute approximate surface area is 107 Å². The molecule has 0 bridgehead atoms. The van der Waals surface area contributed by atoms with Crippen molar-refractivity contribution in [3.05, 3.63) is 34.9 Å². The van der Waals surface area contributed by atoms with Gasteiger partial charge in [-0.1, -0.05) is 23.7 Å². The average molecular weight is 274 g/mol. The number of benzene rings is 1. The maximum Gasteiger partial charge on any atom is 0.151 e. The molecule has 17 heavy (non-hydrogen) atoms. The van der Waals surface area contributed by atoms with Crippen molar-refractivity contribution < 1.29 is 8.42 Å². The lowest BCUT2D eigenvalue weighted by molar-refractivity contribution is 0.254. The van der Waals surface area contributed by atoms with Crippen molar-refractivity contribution in [2.45, 2.75) is 19.0 Å². The van der Waals surface area contributed by atoms with Gasteiger partial charge in [-0.25, -0.2) is 8.42 Å². The summed E-state index contributed by atoms with van der Waals surface area (Å²) in [6, 6.07) is 7.81. The second-order valence-corrected chi connectivity index (χ2v) is 7.27. The van der Waals surface area contributed by atoms with Crippen LogP contribution in [-0.4, -0.2) is 37.9 Å². The molecule has 3 nitrogen and oxygen atoms in total. The minimum absolute atomic E-state index is 0.138. The molecule has 1 atom stereocenters. The number of sulfone groups is 1. The standard InChI is InChI=1S/C12H16ClNO2S/c1-14(12-5-6-17(15,16)9-12)8-10-3-2-4-11(13)7-10/h2-4,7,12H,5-6,8-9H2,1H3/t12-/m0/s1. The Morgan fingerprint density at radius 3 is 2.82 bits per heavy atom. The van der Waals surface area contributed by atoms with Gasteiger partial charge in [-0.2, -0.15) is 0 Å². The zero-order chi connectivity index (χ0) is 12.5. The molecule has 5 heteroatoms. The van der Waals surface area contributed by atoms with E-state index in [1.807, 2.05) is 31.3 Å². The molecule has 0 amide bonds. The third-order valence-corrected chi connectivity index (χ3v) is 5.14. The zero-order valence-corrected chi connectivity index (χ0v) is 11.3. The van der Waals surface area contributed by atoms with E-state index in [2.05, 4.69) is 4.90 Å². The van der Waals surface area contributed by atoms with Crippen LogP contribution in [0.1, 0.15) is 12.0 Å². The van der Waals surface area contributed by atoms with Crippen LogP contribution in [0, 0.1) is 0 Å². The van der Waals surface area contributed by atoms with Gasteiger partial charge in [-0.15, -0.1) is 0 Å². The topological polar surface area (TPSA) is 37.4 Å². The van der Waals surface area contributed by atoms with E-state index in [0.29, 0.717) is 5.75 Å². The molecule has 1 aromatic carbocycles. The van der Waals surface area contributed by atoms with Crippen molar-refractivity contribution in [1.82, 2.24) is 4.90 Å². The Balaban J connectivity index is 2.00. The first-order valence-corrected chi connectivity index (χ1v) is 7.81. The summed E-state index contributed by atoms with van der Waals surface area (Å²) < 4.78 is 22.8. The number of hydrogen-bond donors (Lipinski definition) is 0. The lowest BCUT2D eigenvalue weighted by Gasteiger charge is -2.23. The lowest BCUT2D eigenvalue weighted by Crippen LogP contribution is -2.32. The third kappa shape index (κ3) is 3.44. The van der Waals surface area contributed by atoms with Gasteiger partial charge >= 0.3 is 0 Å². The summed E-state index contributed by atoms with van der Waals surface area (Å²) in [6.45, 7) is 0.737. The summed E-state index contributed by atoms with van der Waals surface area (Å²) in [5.74, 6) is 0.599. The van der Waals surface area contributed by atoms with Crippen LogP contribution in [0.5, 0.6) is 0 Å². The summed E-state index contributed by atoms with van der Waals surface area (Å²) >= 11 is 5.92. The highest BCUT2D eigenvalue weighted by Gasteiger charge is 2.30. The monoisotopic (exact) mass is 273 g/mol. The normalized spacial score (nSPS) is 23.1. The molecule has 1 aliphatic rings. The minimum Gasteiger partial charge on any atom is -0.298 e. The molecule has 1 heterocycles. The molecule has 0 N–H and O–H groups in total. The molecule has 2 rings (SSSR count). The molecular formula is C12H16ClNO2S. The molecule has 0 unspecified atom stereocenters. The van der Waals surface area contributed by atoms with E-state index in [-0.39, 0.29) is 11.8 Å². The van der Waals surface area contributed by atoms with Crippen LogP contribution in [0.2, 0.25) is 5.02 Å². The lowest BCUT2D eigenvalue weighted by atomic mass is 10.1. The van der Waals surface area contributed by atoms with Crippen LogP contribution >= 0.6 is 11.6 Å². The van der Waals surface area contributed by atoms with Gasteiger partial charge in [0.1, 0.15) is 0 Å². The van der Waals surface area contributed by atoms with Gasteiger partial charge in [0.05, 0.1) is 11.5 Å². The highest BCUT2D eigenvalue weighted by atomic mass is 35.5. The first kappa shape index (κ1) is 12.9. The number of rotatable bonds is 3. The smallest absolute Gasteiger partial charge is 0.151 e. The minimum atomic E-state index is -2.81. The van der Waals surface area contributed by atoms with Crippen LogP contribution in [-0.2, 0) is 16.4 Å². The molecular weight excluding hydrogens is 258 g/mol. The average Bonchev–Trinajstić information content (AvgIpc) is 2.59. The quantitative estimate of drug-likeness (QED) is 0.845. The number of nitrogens with zero attached hydrogens (tertiary/aromatic N) is 1. The van der Waals surface area contributed by atoms with Crippen molar-refractivity contribution in [2.24, 2.45) is 0 Å². The van der Waals surface area contributed by atoms with Crippen LogP contribution in [0.25, 0.3) is 0 Å². The maximum absolute atomic E-state index is 11.4. The van der Waals surface area contributed by atoms with Crippen molar-refractivity contribution >= 4 is 21.4 Å². The van der Waals surface area contributed by atoms with E-state index in [1.54, 1.807) is 0 Å². The fraction of sp³-hybridized carbons (Fsp3) is 0.500. The Morgan fingerprint density at radius 1 is 1.47 bits per heavy atom. The van der Waals surface area contributed by atoms with Gasteiger partial charge in [0, 0.05) is 17.6 Å². The van der Waals surface area contributed by atoms with Crippen molar-refractivity contribution in [3.63, 3.8) is 0 Å². The number of hydrogen-bond acceptors (Lipinski definition) is 3. The van der Waals surface area contributed by atoms with Gasteiger partial charge in [-0.3, -0.25) is 4.90 Å². The summed E-state index contributed by atoms with van der Waals surface area (Å²) in [4.78, 5) is 2.09. The zero-order valence-electron chi connectivity index (χ0n) is 9.77.